The van der Waals surface area contributed by atoms with Crippen LogP contribution in [0.25, 0.3) is 11.1 Å². The molecule has 6 aromatic rings. The molecule has 0 saturated heterocycles. The molecule has 5 aromatic carbocycles. The summed E-state index contributed by atoms with van der Waals surface area (Å²) < 4.78 is 18.9. The fourth-order valence-corrected chi connectivity index (χ4v) is 8.27. The predicted molar refractivity (Wildman–Crippen MR) is 244 cm³/mol. The molecule has 10 nitrogen and oxygen atoms in total. The molecule has 3 unspecified atom stereocenters. The largest absolute Gasteiger partial charge is 0.489 e. The number of carbonyl (C=O) groups is 2. The normalized spacial score (nSPS) is 15.9. The highest BCUT2D eigenvalue weighted by atomic mass is 35.5. The van der Waals surface area contributed by atoms with E-state index < -0.39 is 0 Å². The van der Waals surface area contributed by atoms with Crippen molar-refractivity contribution in [2.24, 2.45) is 0 Å². The molecule has 0 radical (unpaired) electrons. The van der Waals surface area contributed by atoms with Gasteiger partial charge >= 0.3 is 0 Å². The topological polar surface area (TPSA) is 113 Å². The molecule has 8 rings (SSSR count). The Hall–Kier alpha value is -6.07. The highest BCUT2D eigenvalue weighted by Gasteiger charge is 2.37. The molecule has 0 spiro atoms. The van der Waals surface area contributed by atoms with E-state index in [1.165, 1.54) is 11.1 Å². The molecule has 62 heavy (non-hydrogen) atoms. The van der Waals surface area contributed by atoms with Crippen LogP contribution in [-0.2, 0) is 35.6 Å². The van der Waals surface area contributed by atoms with Crippen molar-refractivity contribution in [2.75, 3.05) is 32.1 Å². The molecule has 2 aliphatic rings. The van der Waals surface area contributed by atoms with E-state index in [4.69, 9.17) is 47.3 Å². The Labute approximate surface area is 373 Å². The van der Waals surface area contributed by atoms with Crippen molar-refractivity contribution < 1.29 is 28.9 Å². The third-order valence-corrected chi connectivity index (χ3v) is 12.0. The minimum absolute atomic E-state index is 0.0352. The second-order valence-corrected chi connectivity index (χ2v) is 16.3. The summed E-state index contributed by atoms with van der Waals surface area (Å²) in [4.78, 5) is 31.5. The standard InChI is InChI=1S/C49H48Cl2N4O4.CH2O2/c1-4-43(35-8-6-5-7-9-35)55-29-39-27-46-45(58-31-47(59-46)36-15-18-40(19-16-36)57-30-33-12-20-41(50)42(51)24-33)26-38(39)25-44(55)49(56)52-23-22-32-10-13-34(14-11-32)37-17-21-48(53-28-37)54(2)3;2-1-3/h5-21,24,26-28,43-44,47H,4,22-23,25,29-31H2,1-3H3,(H,52,56);1H,(H,2,3). The minimum atomic E-state index is -0.347. The van der Waals surface area contributed by atoms with E-state index in [1.807, 2.05) is 73.7 Å². The molecule has 3 heterocycles. The number of benzene rings is 5. The lowest BCUT2D eigenvalue weighted by molar-refractivity contribution is -0.128. The van der Waals surface area contributed by atoms with Gasteiger partial charge in [-0.05, 0) is 107 Å². The summed E-state index contributed by atoms with van der Waals surface area (Å²) in [5, 5.41) is 11.2. The van der Waals surface area contributed by atoms with Crippen molar-refractivity contribution in [2.45, 2.75) is 57.5 Å². The molecule has 320 valence electrons. The summed E-state index contributed by atoms with van der Waals surface area (Å²) in [6, 6.07) is 40.4. The molecule has 0 fully saturated rings. The van der Waals surface area contributed by atoms with Crippen LogP contribution >= 0.6 is 23.2 Å². The van der Waals surface area contributed by atoms with Crippen LogP contribution in [0.15, 0.2) is 128 Å². The molecule has 0 aliphatic carbocycles. The Bertz CT molecular complexity index is 2430. The second kappa shape index (κ2) is 20.7. The zero-order chi connectivity index (χ0) is 43.6. The van der Waals surface area contributed by atoms with Gasteiger partial charge in [-0.1, -0.05) is 103 Å². The number of fused-ring (bicyclic) bond motifs is 2. The zero-order valence-electron chi connectivity index (χ0n) is 35.0. The molecule has 0 bridgehead atoms. The van der Waals surface area contributed by atoms with Gasteiger partial charge in [0.05, 0.1) is 16.1 Å². The summed E-state index contributed by atoms with van der Waals surface area (Å²) in [6.45, 7) is 3.85. The average molecular weight is 874 g/mol. The molecule has 3 atom stereocenters. The Morgan fingerprint density at radius 3 is 2.29 bits per heavy atom. The summed E-state index contributed by atoms with van der Waals surface area (Å²) in [5.41, 5.74) is 8.73. The number of nitrogens with zero attached hydrogens (tertiary/aromatic N) is 3. The van der Waals surface area contributed by atoms with Gasteiger partial charge in [-0.15, -0.1) is 0 Å². The van der Waals surface area contributed by atoms with Gasteiger partial charge in [0.25, 0.3) is 6.47 Å². The van der Waals surface area contributed by atoms with Crippen molar-refractivity contribution >= 4 is 41.4 Å². The molecule has 12 heteroatoms. The van der Waals surface area contributed by atoms with E-state index in [9.17, 15) is 4.79 Å². The maximum Gasteiger partial charge on any atom is 0.290 e. The fourth-order valence-electron chi connectivity index (χ4n) is 7.95. The Balaban J connectivity index is 0.00000187. The van der Waals surface area contributed by atoms with Crippen LogP contribution in [0.2, 0.25) is 10.0 Å². The van der Waals surface area contributed by atoms with Gasteiger partial charge in [0, 0.05) is 45.0 Å². The van der Waals surface area contributed by atoms with Crippen LogP contribution in [0.4, 0.5) is 5.82 Å². The van der Waals surface area contributed by atoms with Crippen molar-refractivity contribution in [1.82, 2.24) is 15.2 Å². The predicted octanol–water partition coefficient (Wildman–Crippen LogP) is 10.2. The number of halogens is 2. The number of carboxylic acid groups (broad SMARTS) is 1. The first-order chi connectivity index (χ1) is 30.1. The third-order valence-electron chi connectivity index (χ3n) is 11.2. The van der Waals surface area contributed by atoms with Crippen molar-refractivity contribution in [1.29, 1.82) is 0 Å². The van der Waals surface area contributed by atoms with Gasteiger partial charge in [-0.25, -0.2) is 4.98 Å². The molecule has 2 aliphatic heterocycles. The lowest BCUT2D eigenvalue weighted by Crippen LogP contribution is -2.51. The van der Waals surface area contributed by atoms with Crippen LogP contribution in [0.3, 0.4) is 0 Å². The van der Waals surface area contributed by atoms with E-state index in [-0.39, 0.29) is 30.6 Å². The first-order valence-electron chi connectivity index (χ1n) is 20.6. The zero-order valence-corrected chi connectivity index (χ0v) is 36.5. The Morgan fingerprint density at radius 2 is 1.61 bits per heavy atom. The van der Waals surface area contributed by atoms with Crippen molar-refractivity contribution in [3.8, 4) is 28.4 Å². The molecule has 0 saturated carbocycles. The van der Waals surface area contributed by atoms with Gasteiger partial charge < -0.3 is 29.5 Å². The number of amides is 1. The Kier molecular flexibility index (Phi) is 14.7. The van der Waals surface area contributed by atoms with Gasteiger partial charge in [-0.2, -0.15) is 0 Å². The highest BCUT2D eigenvalue weighted by molar-refractivity contribution is 6.42. The SMILES string of the molecule is CCC(c1ccccc1)N1Cc2cc3c(cc2CC1C(=O)NCCc1ccc(-c2ccc(N(C)C)nc2)cc1)OCC(c1ccc(OCc2ccc(Cl)c(Cl)c2)cc1)O3.O=CO. The first-order valence-corrected chi connectivity index (χ1v) is 21.4. The molecular weight excluding hydrogens is 823 g/mol. The molecular formula is C50H50Cl2N4O6. The maximum absolute atomic E-state index is 14.2. The van der Waals surface area contributed by atoms with E-state index in [2.05, 4.69) is 88.9 Å². The Morgan fingerprint density at radius 1 is 0.903 bits per heavy atom. The fraction of sp³-hybridized carbons (Fsp3) is 0.260. The van der Waals surface area contributed by atoms with Gasteiger partial charge in [0.2, 0.25) is 5.91 Å². The number of hydrogen-bond donors (Lipinski definition) is 2. The number of carbonyl (C=O) groups excluding carboxylic acids is 1. The monoisotopic (exact) mass is 872 g/mol. The van der Waals surface area contributed by atoms with Gasteiger partial charge in [-0.3, -0.25) is 14.5 Å². The van der Waals surface area contributed by atoms with Crippen molar-refractivity contribution in [3.05, 3.63) is 171 Å². The van der Waals surface area contributed by atoms with Gasteiger partial charge in [0.1, 0.15) is 24.8 Å². The lowest BCUT2D eigenvalue weighted by atomic mass is 9.89. The lowest BCUT2D eigenvalue weighted by Gasteiger charge is -2.41. The van der Waals surface area contributed by atoms with E-state index in [0.717, 1.165) is 57.8 Å². The number of pyridine rings is 1. The van der Waals surface area contributed by atoms with Crippen LogP contribution in [0, 0.1) is 0 Å². The van der Waals surface area contributed by atoms with Gasteiger partial charge in [0.15, 0.2) is 17.6 Å². The average Bonchev–Trinajstić information content (AvgIpc) is 3.29. The van der Waals surface area contributed by atoms with E-state index in [1.54, 1.807) is 6.07 Å². The number of aromatic nitrogens is 1. The summed E-state index contributed by atoms with van der Waals surface area (Å²) >= 11 is 12.2. The first kappa shape index (κ1) is 44.0. The molecule has 1 amide bonds. The quantitative estimate of drug-likeness (QED) is 0.110. The number of ether oxygens (including phenoxy) is 3. The van der Waals surface area contributed by atoms with Crippen LogP contribution < -0.4 is 24.4 Å². The molecule has 1 aromatic heterocycles. The van der Waals surface area contributed by atoms with E-state index >= 15 is 0 Å². The second-order valence-electron chi connectivity index (χ2n) is 15.5. The van der Waals surface area contributed by atoms with Crippen LogP contribution in [-0.4, -0.2) is 60.7 Å². The number of hydrogen-bond acceptors (Lipinski definition) is 8. The van der Waals surface area contributed by atoms with E-state index in [0.29, 0.717) is 54.3 Å². The highest BCUT2D eigenvalue weighted by Crippen LogP contribution is 2.42. The summed E-state index contributed by atoms with van der Waals surface area (Å²) in [5.74, 6) is 3.12. The van der Waals surface area contributed by atoms with Crippen LogP contribution in [0.5, 0.6) is 17.2 Å². The van der Waals surface area contributed by atoms with Crippen molar-refractivity contribution in [3.63, 3.8) is 0 Å². The third kappa shape index (κ3) is 10.7. The summed E-state index contributed by atoms with van der Waals surface area (Å²) in [6.07, 6.45) is 3.80. The summed E-state index contributed by atoms with van der Waals surface area (Å²) in [7, 11) is 3.97. The number of anilines is 1. The van der Waals surface area contributed by atoms with Crippen LogP contribution in [0.1, 0.15) is 58.9 Å². The smallest absolute Gasteiger partial charge is 0.290 e. The maximum atomic E-state index is 14.2. The minimum Gasteiger partial charge on any atom is -0.489 e. The number of nitrogens with one attached hydrogen (secondary N) is 1. The number of rotatable bonds is 13. The molecule has 2 N–H and O–H groups in total.